The molecule has 5 heteroatoms. The van der Waals surface area contributed by atoms with Crippen molar-refractivity contribution in [2.24, 2.45) is 17.8 Å². The number of carbonyl (C=O) groups is 1. The molecule has 0 radical (unpaired) electrons. The van der Waals surface area contributed by atoms with E-state index in [1.807, 2.05) is 0 Å². The van der Waals surface area contributed by atoms with Crippen LogP contribution in [0.25, 0.3) is 0 Å². The SMILES string of the molecule is COCCN(CCOC)CC(=O)NC(C)C1CC2CCC1C2. The third kappa shape index (κ3) is 4.93. The summed E-state index contributed by atoms with van der Waals surface area (Å²) in [4.78, 5) is 14.4. The van der Waals surface area contributed by atoms with Gasteiger partial charge in [-0.3, -0.25) is 9.69 Å². The normalized spacial score (nSPS) is 28.3. The number of nitrogens with one attached hydrogen (secondary N) is 1. The lowest BCUT2D eigenvalue weighted by Crippen LogP contribution is -2.46. The number of fused-ring (bicyclic) bond motifs is 2. The van der Waals surface area contributed by atoms with Crippen LogP contribution in [0.15, 0.2) is 0 Å². The zero-order chi connectivity index (χ0) is 15.9. The number of hydrogen-bond donors (Lipinski definition) is 1. The summed E-state index contributed by atoms with van der Waals surface area (Å²) in [5, 5.41) is 3.23. The Balaban J connectivity index is 1.74. The maximum absolute atomic E-state index is 12.3. The van der Waals surface area contributed by atoms with Gasteiger partial charge in [-0.05, 0) is 43.9 Å². The van der Waals surface area contributed by atoms with E-state index in [9.17, 15) is 4.79 Å². The van der Waals surface area contributed by atoms with Gasteiger partial charge in [0.05, 0.1) is 19.8 Å². The van der Waals surface area contributed by atoms with Gasteiger partial charge in [0.15, 0.2) is 0 Å². The summed E-state index contributed by atoms with van der Waals surface area (Å²) in [6.45, 7) is 5.40. The van der Waals surface area contributed by atoms with E-state index in [0.29, 0.717) is 31.7 Å². The Morgan fingerprint density at radius 3 is 2.36 bits per heavy atom. The van der Waals surface area contributed by atoms with E-state index in [0.717, 1.165) is 24.9 Å². The van der Waals surface area contributed by atoms with E-state index >= 15 is 0 Å². The first-order valence-electron chi connectivity index (χ1n) is 8.63. The number of methoxy groups -OCH3 is 2. The molecule has 2 aliphatic carbocycles. The van der Waals surface area contributed by atoms with Crippen molar-refractivity contribution in [1.29, 1.82) is 0 Å². The largest absolute Gasteiger partial charge is 0.383 e. The van der Waals surface area contributed by atoms with Crippen molar-refractivity contribution in [2.75, 3.05) is 47.1 Å². The summed E-state index contributed by atoms with van der Waals surface area (Å²) in [7, 11) is 3.37. The number of rotatable bonds is 10. The highest BCUT2D eigenvalue weighted by Gasteiger charge is 2.42. The summed E-state index contributed by atoms with van der Waals surface area (Å²) in [6, 6.07) is 0.300. The Bertz CT molecular complexity index is 343. The maximum atomic E-state index is 12.3. The number of ether oxygens (including phenoxy) is 2. The van der Waals surface area contributed by atoms with E-state index in [2.05, 4.69) is 17.1 Å². The van der Waals surface area contributed by atoms with Crippen molar-refractivity contribution in [3.63, 3.8) is 0 Å². The van der Waals surface area contributed by atoms with Crippen molar-refractivity contribution < 1.29 is 14.3 Å². The van der Waals surface area contributed by atoms with Gasteiger partial charge in [-0.25, -0.2) is 0 Å². The lowest BCUT2D eigenvalue weighted by Gasteiger charge is -2.29. The molecule has 0 aromatic rings. The highest BCUT2D eigenvalue weighted by atomic mass is 16.5. The number of nitrogens with zero attached hydrogens (tertiary/aromatic N) is 1. The highest BCUT2D eigenvalue weighted by Crippen LogP contribution is 2.49. The van der Waals surface area contributed by atoms with Crippen molar-refractivity contribution in [2.45, 2.75) is 38.6 Å². The van der Waals surface area contributed by atoms with Crippen LogP contribution < -0.4 is 5.32 Å². The fourth-order valence-corrected chi connectivity index (χ4v) is 4.23. The second-order valence-corrected chi connectivity index (χ2v) is 6.96. The summed E-state index contributed by atoms with van der Waals surface area (Å²) in [5.74, 6) is 2.59. The Labute approximate surface area is 134 Å². The highest BCUT2D eigenvalue weighted by molar-refractivity contribution is 5.78. The molecule has 22 heavy (non-hydrogen) atoms. The van der Waals surface area contributed by atoms with Crippen molar-refractivity contribution >= 4 is 5.91 Å². The van der Waals surface area contributed by atoms with Gasteiger partial charge in [0.25, 0.3) is 0 Å². The molecule has 0 aliphatic heterocycles. The molecule has 2 bridgehead atoms. The number of carbonyl (C=O) groups excluding carboxylic acids is 1. The number of hydrogen-bond acceptors (Lipinski definition) is 4. The average molecular weight is 312 g/mol. The molecule has 1 amide bonds. The maximum Gasteiger partial charge on any atom is 0.234 e. The fourth-order valence-electron chi connectivity index (χ4n) is 4.23. The molecule has 2 aliphatic rings. The van der Waals surface area contributed by atoms with E-state index < -0.39 is 0 Å². The Morgan fingerprint density at radius 1 is 1.18 bits per heavy atom. The van der Waals surface area contributed by atoms with Crippen LogP contribution in [-0.2, 0) is 14.3 Å². The van der Waals surface area contributed by atoms with Crippen LogP contribution in [0, 0.1) is 17.8 Å². The topological polar surface area (TPSA) is 50.8 Å². The molecule has 2 fully saturated rings. The monoisotopic (exact) mass is 312 g/mol. The zero-order valence-electron chi connectivity index (χ0n) is 14.3. The number of amides is 1. The van der Waals surface area contributed by atoms with Crippen LogP contribution in [0.5, 0.6) is 0 Å². The summed E-state index contributed by atoms with van der Waals surface area (Å²) in [5.41, 5.74) is 0. The molecule has 1 N–H and O–H groups in total. The Kier molecular flexibility index (Phi) is 7.12. The fraction of sp³-hybridized carbons (Fsp3) is 0.941. The molecule has 0 spiro atoms. The van der Waals surface area contributed by atoms with Gasteiger partial charge < -0.3 is 14.8 Å². The molecule has 128 valence electrons. The van der Waals surface area contributed by atoms with E-state index in [1.54, 1.807) is 14.2 Å². The first kappa shape index (κ1) is 17.7. The molecular weight excluding hydrogens is 280 g/mol. The third-order valence-electron chi connectivity index (χ3n) is 5.41. The quantitative estimate of drug-likeness (QED) is 0.664. The van der Waals surface area contributed by atoms with E-state index in [4.69, 9.17) is 9.47 Å². The second-order valence-electron chi connectivity index (χ2n) is 6.96. The predicted octanol–water partition coefficient (Wildman–Crippen LogP) is 1.52. The van der Waals surface area contributed by atoms with Gasteiger partial charge in [0.1, 0.15) is 0 Å². The van der Waals surface area contributed by atoms with Gasteiger partial charge >= 0.3 is 0 Å². The predicted molar refractivity (Wildman–Crippen MR) is 86.7 cm³/mol. The van der Waals surface area contributed by atoms with Crippen molar-refractivity contribution in [3.8, 4) is 0 Å². The first-order valence-corrected chi connectivity index (χ1v) is 8.63. The minimum Gasteiger partial charge on any atom is -0.383 e. The molecule has 2 rings (SSSR count). The average Bonchev–Trinajstić information content (AvgIpc) is 3.12. The van der Waals surface area contributed by atoms with E-state index in [1.165, 1.54) is 25.7 Å². The minimum absolute atomic E-state index is 0.127. The summed E-state index contributed by atoms with van der Waals surface area (Å²) < 4.78 is 10.2. The molecule has 4 atom stereocenters. The van der Waals surface area contributed by atoms with Crippen molar-refractivity contribution in [1.82, 2.24) is 10.2 Å². The van der Waals surface area contributed by atoms with Crippen molar-refractivity contribution in [3.05, 3.63) is 0 Å². The van der Waals surface area contributed by atoms with Crippen LogP contribution in [-0.4, -0.2) is 63.9 Å². The molecule has 0 aromatic heterocycles. The molecule has 0 aromatic carbocycles. The minimum atomic E-state index is 0.127. The Morgan fingerprint density at radius 2 is 1.86 bits per heavy atom. The van der Waals surface area contributed by atoms with Gasteiger partial charge in [-0.15, -0.1) is 0 Å². The lowest BCUT2D eigenvalue weighted by atomic mass is 9.84. The molecule has 0 saturated heterocycles. The van der Waals surface area contributed by atoms with Crippen LogP contribution in [0.4, 0.5) is 0 Å². The molecule has 2 saturated carbocycles. The summed E-state index contributed by atoms with van der Waals surface area (Å²) >= 11 is 0. The second kappa shape index (κ2) is 8.85. The van der Waals surface area contributed by atoms with Gasteiger partial charge in [-0.2, -0.15) is 0 Å². The smallest absolute Gasteiger partial charge is 0.234 e. The summed E-state index contributed by atoms with van der Waals surface area (Å²) in [6.07, 6.45) is 5.47. The molecule has 0 heterocycles. The standard InChI is InChI=1S/C17H32N2O3/c1-13(16-11-14-4-5-15(16)10-14)18-17(20)12-19(6-8-21-2)7-9-22-3/h13-16H,4-12H2,1-3H3,(H,18,20). The Hall–Kier alpha value is -0.650. The molecular formula is C17H32N2O3. The van der Waals surface area contributed by atoms with Gasteiger partial charge in [0.2, 0.25) is 5.91 Å². The van der Waals surface area contributed by atoms with Crippen LogP contribution >= 0.6 is 0 Å². The van der Waals surface area contributed by atoms with Gasteiger partial charge in [-0.1, -0.05) is 6.42 Å². The molecule has 5 nitrogen and oxygen atoms in total. The van der Waals surface area contributed by atoms with E-state index in [-0.39, 0.29) is 5.91 Å². The van der Waals surface area contributed by atoms with Crippen LogP contribution in [0.1, 0.15) is 32.6 Å². The van der Waals surface area contributed by atoms with Crippen LogP contribution in [0.2, 0.25) is 0 Å². The van der Waals surface area contributed by atoms with Crippen LogP contribution in [0.3, 0.4) is 0 Å². The molecule has 4 unspecified atom stereocenters. The third-order valence-corrected chi connectivity index (χ3v) is 5.41. The zero-order valence-corrected chi connectivity index (χ0v) is 14.3. The lowest BCUT2D eigenvalue weighted by molar-refractivity contribution is -0.123. The van der Waals surface area contributed by atoms with Gasteiger partial charge in [0, 0.05) is 33.4 Å². The first-order chi connectivity index (χ1) is 10.6.